The molecule has 1 aliphatic heterocycles. The lowest BCUT2D eigenvalue weighted by molar-refractivity contribution is -0.118. The van der Waals surface area contributed by atoms with Crippen LogP contribution in [0.15, 0.2) is 18.2 Å². The maximum absolute atomic E-state index is 11.5. The van der Waals surface area contributed by atoms with E-state index in [1.165, 1.54) is 6.92 Å². The standard InChI is InChI=1S/C13H10N2O3/c1-8(16)14-7-3-5-9-4-2-6-10-11(9)15-13(18)12(10)17/h2,4,6H,7H2,1H3,(H,14,16)(H,15,17,18). The summed E-state index contributed by atoms with van der Waals surface area (Å²) >= 11 is 0. The molecule has 0 unspecified atom stereocenters. The van der Waals surface area contributed by atoms with Crippen molar-refractivity contribution in [3.8, 4) is 11.8 Å². The molecule has 2 rings (SSSR count). The van der Waals surface area contributed by atoms with E-state index in [2.05, 4.69) is 22.5 Å². The molecule has 0 radical (unpaired) electrons. The van der Waals surface area contributed by atoms with Gasteiger partial charge in [0.05, 0.1) is 17.8 Å². The number of fused-ring (bicyclic) bond motifs is 1. The Morgan fingerprint density at radius 2 is 2.17 bits per heavy atom. The summed E-state index contributed by atoms with van der Waals surface area (Å²) in [4.78, 5) is 33.3. The van der Waals surface area contributed by atoms with Gasteiger partial charge in [0.25, 0.3) is 11.7 Å². The average molecular weight is 242 g/mol. The number of amides is 2. The van der Waals surface area contributed by atoms with Crippen molar-refractivity contribution in [3.05, 3.63) is 29.3 Å². The Hall–Kier alpha value is -2.61. The highest BCUT2D eigenvalue weighted by atomic mass is 16.2. The van der Waals surface area contributed by atoms with Crippen LogP contribution in [0.3, 0.4) is 0 Å². The van der Waals surface area contributed by atoms with E-state index in [1.54, 1.807) is 18.2 Å². The predicted molar refractivity (Wildman–Crippen MR) is 65.0 cm³/mol. The molecule has 2 amide bonds. The highest BCUT2D eigenvalue weighted by Gasteiger charge is 2.29. The van der Waals surface area contributed by atoms with Crippen molar-refractivity contribution in [2.45, 2.75) is 6.92 Å². The molecule has 1 aromatic rings. The van der Waals surface area contributed by atoms with Gasteiger partial charge >= 0.3 is 0 Å². The van der Waals surface area contributed by atoms with E-state index in [1.807, 2.05) is 0 Å². The first-order chi connectivity index (χ1) is 8.59. The molecule has 18 heavy (non-hydrogen) atoms. The van der Waals surface area contributed by atoms with E-state index in [-0.39, 0.29) is 12.5 Å². The molecule has 5 nitrogen and oxygen atoms in total. The van der Waals surface area contributed by atoms with Crippen molar-refractivity contribution < 1.29 is 14.4 Å². The van der Waals surface area contributed by atoms with Crippen molar-refractivity contribution in [2.75, 3.05) is 11.9 Å². The molecule has 0 fully saturated rings. The summed E-state index contributed by atoms with van der Waals surface area (Å²) < 4.78 is 0. The fraction of sp³-hybridized carbons (Fsp3) is 0.154. The van der Waals surface area contributed by atoms with Crippen LogP contribution in [0.5, 0.6) is 0 Å². The maximum Gasteiger partial charge on any atom is 0.296 e. The number of anilines is 1. The third-order valence-electron chi connectivity index (χ3n) is 2.40. The molecule has 1 aliphatic rings. The lowest BCUT2D eigenvalue weighted by Crippen LogP contribution is -2.19. The molecular weight excluding hydrogens is 232 g/mol. The zero-order chi connectivity index (χ0) is 13.1. The van der Waals surface area contributed by atoms with Crippen molar-refractivity contribution in [1.82, 2.24) is 5.32 Å². The summed E-state index contributed by atoms with van der Waals surface area (Å²) in [5.41, 5.74) is 1.35. The second-order valence-electron chi connectivity index (χ2n) is 3.72. The fourth-order valence-electron chi connectivity index (χ4n) is 1.58. The molecular formula is C13H10N2O3. The van der Waals surface area contributed by atoms with Crippen LogP contribution in [0.2, 0.25) is 0 Å². The second-order valence-corrected chi connectivity index (χ2v) is 3.72. The highest BCUT2D eigenvalue weighted by Crippen LogP contribution is 2.26. The molecule has 0 atom stereocenters. The van der Waals surface area contributed by atoms with Crippen LogP contribution in [-0.4, -0.2) is 24.1 Å². The van der Waals surface area contributed by atoms with E-state index in [0.29, 0.717) is 16.8 Å². The molecule has 0 aliphatic carbocycles. The van der Waals surface area contributed by atoms with Crippen molar-refractivity contribution in [1.29, 1.82) is 0 Å². The maximum atomic E-state index is 11.5. The number of ketones is 1. The number of rotatable bonds is 1. The van der Waals surface area contributed by atoms with E-state index >= 15 is 0 Å². The molecule has 1 aromatic carbocycles. The van der Waals surface area contributed by atoms with Gasteiger partial charge in [0.2, 0.25) is 5.91 Å². The number of hydrogen-bond donors (Lipinski definition) is 2. The van der Waals surface area contributed by atoms with Gasteiger partial charge in [-0.05, 0) is 12.1 Å². The SMILES string of the molecule is CC(=O)NCC#Cc1cccc2c1NC(=O)C2=O. The number of benzene rings is 1. The molecule has 5 heteroatoms. The van der Waals surface area contributed by atoms with Gasteiger partial charge in [0.1, 0.15) is 0 Å². The Labute approximate surface area is 104 Å². The summed E-state index contributed by atoms with van der Waals surface area (Å²) in [6, 6.07) is 4.95. The first-order valence-electron chi connectivity index (χ1n) is 5.31. The van der Waals surface area contributed by atoms with Crippen LogP contribution in [0, 0.1) is 11.8 Å². The Morgan fingerprint density at radius 1 is 1.39 bits per heavy atom. The summed E-state index contributed by atoms with van der Waals surface area (Å²) in [5, 5.41) is 5.02. The van der Waals surface area contributed by atoms with Gasteiger partial charge in [-0.3, -0.25) is 14.4 Å². The number of carbonyl (C=O) groups is 3. The number of carbonyl (C=O) groups excluding carboxylic acids is 3. The normalized spacial score (nSPS) is 12.3. The Balaban J connectivity index is 2.24. The monoisotopic (exact) mass is 242 g/mol. The minimum atomic E-state index is -0.638. The van der Waals surface area contributed by atoms with Crippen molar-refractivity contribution in [2.24, 2.45) is 0 Å². The lowest BCUT2D eigenvalue weighted by Gasteiger charge is -1.99. The van der Waals surface area contributed by atoms with Gasteiger partial charge in [-0.2, -0.15) is 0 Å². The van der Waals surface area contributed by atoms with E-state index < -0.39 is 11.7 Å². The fourth-order valence-corrected chi connectivity index (χ4v) is 1.58. The van der Waals surface area contributed by atoms with Crippen LogP contribution in [0.25, 0.3) is 0 Å². The Morgan fingerprint density at radius 3 is 2.89 bits per heavy atom. The summed E-state index contributed by atoms with van der Waals surface area (Å²) in [6.07, 6.45) is 0. The predicted octanol–water partition coefficient (Wildman–Crippen LogP) is 0.309. The molecule has 2 N–H and O–H groups in total. The topological polar surface area (TPSA) is 75.3 Å². The average Bonchev–Trinajstić information content (AvgIpc) is 2.62. The molecule has 1 heterocycles. The van der Waals surface area contributed by atoms with Gasteiger partial charge in [-0.15, -0.1) is 0 Å². The van der Waals surface area contributed by atoms with Crippen LogP contribution < -0.4 is 10.6 Å². The first kappa shape index (κ1) is 11.9. The molecule has 0 spiro atoms. The van der Waals surface area contributed by atoms with Gasteiger partial charge in [0.15, 0.2) is 0 Å². The number of nitrogens with one attached hydrogen (secondary N) is 2. The van der Waals surface area contributed by atoms with Crippen LogP contribution in [0.4, 0.5) is 5.69 Å². The van der Waals surface area contributed by atoms with Gasteiger partial charge in [-0.25, -0.2) is 0 Å². The van der Waals surface area contributed by atoms with Crippen molar-refractivity contribution in [3.63, 3.8) is 0 Å². The smallest absolute Gasteiger partial charge is 0.296 e. The van der Waals surface area contributed by atoms with Crippen LogP contribution in [-0.2, 0) is 9.59 Å². The zero-order valence-corrected chi connectivity index (χ0v) is 9.66. The molecule has 90 valence electrons. The van der Waals surface area contributed by atoms with Crippen LogP contribution in [0.1, 0.15) is 22.8 Å². The minimum absolute atomic E-state index is 0.161. The van der Waals surface area contributed by atoms with E-state index in [9.17, 15) is 14.4 Å². The largest absolute Gasteiger partial charge is 0.345 e. The molecule has 0 bridgehead atoms. The number of para-hydroxylation sites is 1. The molecule has 0 saturated heterocycles. The number of hydrogen-bond acceptors (Lipinski definition) is 3. The second kappa shape index (κ2) is 4.72. The zero-order valence-electron chi connectivity index (χ0n) is 9.66. The Bertz CT molecular complexity index is 608. The Kier molecular flexibility index (Phi) is 3.11. The minimum Gasteiger partial charge on any atom is -0.345 e. The first-order valence-corrected chi connectivity index (χ1v) is 5.31. The van der Waals surface area contributed by atoms with E-state index in [4.69, 9.17) is 0 Å². The highest BCUT2D eigenvalue weighted by molar-refractivity contribution is 6.51. The quantitative estimate of drug-likeness (QED) is 0.549. The summed E-state index contributed by atoms with van der Waals surface area (Å²) in [5.74, 6) is 4.21. The molecule has 0 aromatic heterocycles. The van der Waals surface area contributed by atoms with Crippen LogP contribution >= 0.6 is 0 Å². The summed E-state index contributed by atoms with van der Waals surface area (Å²) in [7, 11) is 0. The summed E-state index contributed by atoms with van der Waals surface area (Å²) in [6.45, 7) is 1.63. The van der Waals surface area contributed by atoms with Gasteiger partial charge < -0.3 is 10.6 Å². The van der Waals surface area contributed by atoms with E-state index in [0.717, 1.165) is 0 Å². The van der Waals surface area contributed by atoms with Gasteiger partial charge in [-0.1, -0.05) is 17.9 Å². The van der Waals surface area contributed by atoms with Crippen molar-refractivity contribution >= 4 is 23.3 Å². The lowest BCUT2D eigenvalue weighted by atomic mass is 10.1. The van der Waals surface area contributed by atoms with Gasteiger partial charge in [0, 0.05) is 12.5 Å². The third kappa shape index (κ3) is 2.23. The third-order valence-corrected chi connectivity index (χ3v) is 2.40. The molecule has 0 saturated carbocycles. The number of Topliss-reactive ketones (excluding diaryl/α,β-unsaturated/α-hetero) is 1.